The van der Waals surface area contributed by atoms with E-state index in [9.17, 15) is 0 Å². The van der Waals surface area contributed by atoms with Crippen LogP contribution in [0.25, 0.3) is 0 Å². The van der Waals surface area contributed by atoms with E-state index in [2.05, 4.69) is 24.2 Å². The Balaban J connectivity index is 3.46. The van der Waals surface area contributed by atoms with E-state index in [-0.39, 0.29) is 0 Å². The Morgan fingerprint density at radius 3 is 2.50 bits per heavy atom. The lowest BCUT2D eigenvalue weighted by atomic mass is 10.2. The van der Waals surface area contributed by atoms with Crippen LogP contribution in [0.1, 0.15) is 13.8 Å². The van der Waals surface area contributed by atoms with Crippen LogP contribution in [0.5, 0.6) is 0 Å². The molecule has 0 heterocycles. The standard InChI is InChI=1S/C6H15N3O/c1-5(2)4-8-6(7-3)9-10/h5,10H,4H2,1-3H3,(H2,7,8,9). The normalized spacial score (nSPS) is 11.9. The molecule has 0 saturated heterocycles. The van der Waals surface area contributed by atoms with Crippen LogP contribution < -0.4 is 10.8 Å². The Labute approximate surface area is 61.3 Å². The molecule has 0 aromatic rings. The Kier molecular flexibility index (Phi) is 4.66. The van der Waals surface area contributed by atoms with Crippen LogP contribution in [-0.2, 0) is 0 Å². The summed E-state index contributed by atoms with van der Waals surface area (Å²) in [7, 11) is 1.60. The molecule has 0 aliphatic rings. The van der Waals surface area contributed by atoms with Crippen molar-refractivity contribution in [1.29, 1.82) is 0 Å². The number of rotatable bonds is 2. The van der Waals surface area contributed by atoms with Gasteiger partial charge >= 0.3 is 0 Å². The minimum atomic E-state index is 0.411. The van der Waals surface area contributed by atoms with E-state index in [0.717, 1.165) is 6.54 Å². The zero-order valence-corrected chi connectivity index (χ0v) is 6.68. The maximum atomic E-state index is 8.40. The molecule has 0 atom stereocenters. The molecule has 4 heteroatoms. The van der Waals surface area contributed by atoms with E-state index in [0.29, 0.717) is 11.9 Å². The fourth-order valence-corrected chi connectivity index (χ4v) is 0.469. The van der Waals surface area contributed by atoms with E-state index in [1.165, 1.54) is 0 Å². The van der Waals surface area contributed by atoms with Crippen LogP contribution in [0.15, 0.2) is 4.99 Å². The summed E-state index contributed by atoms with van der Waals surface area (Å²) in [6.45, 7) is 4.97. The van der Waals surface area contributed by atoms with Gasteiger partial charge in [0.25, 0.3) is 0 Å². The zero-order chi connectivity index (χ0) is 7.98. The van der Waals surface area contributed by atoms with Gasteiger partial charge in [0.05, 0.1) is 0 Å². The number of nitrogens with zero attached hydrogens (tertiary/aromatic N) is 1. The third-order valence-corrected chi connectivity index (χ3v) is 1.01. The highest BCUT2D eigenvalue weighted by molar-refractivity contribution is 5.78. The highest BCUT2D eigenvalue weighted by atomic mass is 16.5. The van der Waals surface area contributed by atoms with Crippen molar-refractivity contribution in [1.82, 2.24) is 10.8 Å². The number of hydrogen-bond acceptors (Lipinski definition) is 2. The molecule has 0 unspecified atom stereocenters. The van der Waals surface area contributed by atoms with Gasteiger partial charge in [0.15, 0.2) is 0 Å². The van der Waals surface area contributed by atoms with Crippen molar-refractivity contribution >= 4 is 5.96 Å². The van der Waals surface area contributed by atoms with E-state index in [1.54, 1.807) is 7.05 Å². The van der Waals surface area contributed by atoms with E-state index in [4.69, 9.17) is 5.21 Å². The molecule has 0 saturated carbocycles. The summed E-state index contributed by atoms with van der Waals surface area (Å²) >= 11 is 0. The van der Waals surface area contributed by atoms with Crippen LogP contribution in [-0.4, -0.2) is 24.8 Å². The first-order valence-electron chi connectivity index (χ1n) is 3.31. The maximum Gasteiger partial charge on any atom is 0.215 e. The molecule has 0 amide bonds. The van der Waals surface area contributed by atoms with Gasteiger partial charge in [-0.1, -0.05) is 13.8 Å². The van der Waals surface area contributed by atoms with Crippen molar-refractivity contribution in [3.8, 4) is 0 Å². The van der Waals surface area contributed by atoms with Gasteiger partial charge in [0.2, 0.25) is 5.96 Å². The molecule has 0 aliphatic carbocycles. The predicted octanol–water partition coefficient (Wildman–Crippen LogP) is 0.197. The Bertz CT molecular complexity index is 112. The quantitative estimate of drug-likeness (QED) is 0.295. The van der Waals surface area contributed by atoms with Crippen LogP contribution in [0, 0.1) is 5.92 Å². The lowest BCUT2D eigenvalue weighted by Gasteiger charge is -2.08. The molecule has 0 aromatic heterocycles. The second-order valence-electron chi connectivity index (χ2n) is 2.46. The lowest BCUT2D eigenvalue weighted by molar-refractivity contribution is 0.229. The molecule has 0 rings (SSSR count). The van der Waals surface area contributed by atoms with Crippen molar-refractivity contribution in [2.75, 3.05) is 13.6 Å². The molecule has 10 heavy (non-hydrogen) atoms. The summed E-state index contributed by atoms with van der Waals surface area (Å²) in [5, 5.41) is 11.3. The molecule has 0 radical (unpaired) electrons. The van der Waals surface area contributed by atoms with E-state index >= 15 is 0 Å². The molecule has 4 nitrogen and oxygen atoms in total. The van der Waals surface area contributed by atoms with Crippen molar-refractivity contribution < 1.29 is 5.21 Å². The summed E-state index contributed by atoms with van der Waals surface area (Å²) in [4.78, 5) is 3.72. The average molecular weight is 145 g/mol. The fourth-order valence-electron chi connectivity index (χ4n) is 0.469. The molecule has 0 spiro atoms. The summed E-state index contributed by atoms with van der Waals surface area (Å²) in [6, 6.07) is 0. The van der Waals surface area contributed by atoms with Gasteiger partial charge in [-0.25, -0.2) is 5.48 Å². The Morgan fingerprint density at radius 2 is 2.20 bits per heavy atom. The first-order chi connectivity index (χ1) is 4.70. The van der Waals surface area contributed by atoms with Gasteiger partial charge in [-0.05, 0) is 5.92 Å². The topological polar surface area (TPSA) is 56.7 Å². The van der Waals surface area contributed by atoms with Crippen LogP contribution in [0.2, 0.25) is 0 Å². The lowest BCUT2D eigenvalue weighted by Crippen LogP contribution is -2.37. The molecule has 0 aromatic carbocycles. The van der Waals surface area contributed by atoms with Gasteiger partial charge in [0, 0.05) is 13.6 Å². The smallest absolute Gasteiger partial charge is 0.215 e. The van der Waals surface area contributed by atoms with E-state index in [1.807, 2.05) is 5.48 Å². The van der Waals surface area contributed by atoms with Crippen LogP contribution in [0.4, 0.5) is 0 Å². The number of hydroxylamine groups is 1. The molecule has 0 aliphatic heterocycles. The third kappa shape index (κ3) is 4.14. The molecule has 0 fully saturated rings. The average Bonchev–Trinajstić information content (AvgIpc) is 1.90. The molecule has 60 valence electrons. The van der Waals surface area contributed by atoms with Crippen LogP contribution >= 0.6 is 0 Å². The third-order valence-electron chi connectivity index (χ3n) is 1.01. The summed E-state index contributed by atoms with van der Waals surface area (Å²) in [5.74, 6) is 0.957. The number of nitrogens with one attached hydrogen (secondary N) is 2. The highest BCUT2D eigenvalue weighted by Crippen LogP contribution is 1.85. The summed E-state index contributed by atoms with van der Waals surface area (Å²) < 4.78 is 0. The number of guanidine groups is 1. The fraction of sp³-hybridized carbons (Fsp3) is 0.833. The second-order valence-corrected chi connectivity index (χ2v) is 2.46. The first-order valence-corrected chi connectivity index (χ1v) is 3.31. The first kappa shape index (κ1) is 9.23. The number of aliphatic imine (C=N–C) groups is 1. The van der Waals surface area contributed by atoms with Crippen LogP contribution in [0.3, 0.4) is 0 Å². The highest BCUT2D eigenvalue weighted by Gasteiger charge is 1.95. The van der Waals surface area contributed by atoms with Gasteiger partial charge in [-0.2, -0.15) is 0 Å². The van der Waals surface area contributed by atoms with Crippen molar-refractivity contribution in [3.05, 3.63) is 0 Å². The van der Waals surface area contributed by atoms with Gasteiger partial charge in [-0.15, -0.1) is 0 Å². The Hall–Kier alpha value is -0.770. The van der Waals surface area contributed by atoms with Gasteiger partial charge in [-0.3, -0.25) is 10.2 Å². The van der Waals surface area contributed by atoms with Crippen molar-refractivity contribution in [3.63, 3.8) is 0 Å². The van der Waals surface area contributed by atoms with E-state index < -0.39 is 0 Å². The molecular formula is C6H15N3O. The zero-order valence-electron chi connectivity index (χ0n) is 6.68. The minimum absolute atomic E-state index is 0.411. The molecule has 0 bridgehead atoms. The summed E-state index contributed by atoms with van der Waals surface area (Å²) in [6.07, 6.45) is 0. The number of hydrogen-bond donors (Lipinski definition) is 3. The monoisotopic (exact) mass is 145 g/mol. The van der Waals surface area contributed by atoms with Gasteiger partial charge < -0.3 is 5.32 Å². The second kappa shape index (κ2) is 5.05. The minimum Gasteiger partial charge on any atom is -0.354 e. The molecule has 3 N–H and O–H groups in total. The SMILES string of the molecule is CN=C(NO)NCC(C)C. The Morgan fingerprint density at radius 1 is 1.60 bits per heavy atom. The molecular weight excluding hydrogens is 130 g/mol. The van der Waals surface area contributed by atoms with Crippen molar-refractivity contribution in [2.45, 2.75) is 13.8 Å². The van der Waals surface area contributed by atoms with Crippen molar-refractivity contribution in [2.24, 2.45) is 10.9 Å². The maximum absolute atomic E-state index is 8.40. The largest absolute Gasteiger partial charge is 0.354 e. The summed E-state index contributed by atoms with van der Waals surface area (Å²) in [5.41, 5.74) is 1.95. The van der Waals surface area contributed by atoms with Gasteiger partial charge in [0.1, 0.15) is 0 Å². The predicted molar refractivity (Wildman–Crippen MR) is 41.1 cm³/mol.